The first-order valence-electron chi connectivity index (χ1n) is 7.06. The molecule has 6 nitrogen and oxygen atoms in total. The molecule has 1 aliphatic heterocycles. The third kappa shape index (κ3) is 4.40. The Bertz CT molecular complexity index is 755. The molecule has 0 unspecified atom stereocenters. The Hall–Kier alpha value is -2.23. The molecule has 0 aromatic heterocycles. The predicted octanol–water partition coefficient (Wildman–Crippen LogP) is 2.85. The number of nitrogens with zero attached hydrogens (tertiary/aromatic N) is 1. The van der Waals surface area contributed by atoms with Crippen LogP contribution in [0.3, 0.4) is 0 Å². The molecule has 0 fully saturated rings. The van der Waals surface area contributed by atoms with Crippen LogP contribution in [0.1, 0.15) is 5.56 Å². The minimum atomic E-state index is -0.684. The van der Waals surface area contributed by atoms with Gasteiger partial charge in [-0.25, -0.2) is 9.38 Å². The smallest absolute Gasteiger partial charge is 0.193 e. The number of nitrogens with one attached hydrogen (secondary N) is 1. The number of phenolic OH excluding ortho intramolecular Hbond substituents is 1. The molecule has 0 saturated heterocycles. The first kappa shape index (κ1) is 18.1. The molecule has 3 rings (SSSR count). The SMILES string of the molecule is I.NC(=NCc1ccc(O)c(F)c1)Nc1ccc2c(c1)OCCO2. The number of anilines is 1. The molecule has 1 heterocycles. The van der Waals surface area contributed by atoms with Gasteiger partial charge in [0.25, 0.3) is 0 Å². The van der Waals surface area contributed by atoms with Crippen molar-refractivity contribution >= 4 is 35.6 Å². The van der Waals surface area contributed by atoms with Gasteiger partial charge in [-0.15, -0.1) is 24.0 Å². The van der Waals surface area contributed by atoms with Gasteiger partial charge in [0.1, 0.15) is 13.2 Å². The number of hydrogen-bond donors (Lipinski definition) is 3. The largest absolute Gasteiger partial charge is 0.505 e. The Morgan fingerprint density at radius 2 is 1.92 bits per heavy atom. The van der Waals surface area contributed by atoms with Crippen molar-refractivity contribution in [3.05, 3.63) is 47.8 Å². The molecule has 8 heteroatoms. The molecule has 0 bridgehead atoms. The molecule has 0 radical (unpaired) electrons. The number of fused-ring (bicyclic) bond motifs is 1. The number of ether oxygens (including phenoxy) is 2. The molecule has 4 N–H and O–H groups in total. The van der Waals surface area contributed by atoms with E-state index >= 15 is 0 Å². The fourth-order valence-electron chi connectivity index (χ4n) is 2.13. The van der Waals surface area contributed by atoms with Gasteiger partial charge in [-0.3, -0.25) is 0 Å². The summed E-state index contributed by atoms with van der Waals surface area (Å²) in [6.07, 6.45) is 0. The highest BCUT2D eigenvalue weighted by Gasteiger charge is 2.11. The Morgan fingerprint density at radius 3 is 2.67 bits per heavy atom. The summed E-state index contributed by atoms with van der Waals surface area (Å²) in [5, 5.41) is 12.1. The number of benzene rings is 2. The molecule has 0 amide bonds. The molecule has 0 aliphatic carbocycles. The highest BCUT2D eigenvalue weighted by Crippen LogP contribution is 2.32. The Labute approximate surface area is 155 Å². The average Bonchev–Trinajstić information content (AvgIpc) is 2.56. The lowest BCUT2D eigenvalue weighted by atomic mass is 10.2. The van der Waals surface area contributed by atoms with Crippen LogP contribution in [0.5, 0.6) is 17.2 Å². The van der Waals surface area contributed by atoms with Gasteiger partial charge in [0.2, 0.25) is 0 Å². The maximum atomic E-state index is 13.2. The van der Waals surface area contributed by atoms with Gasteiger partial charge >= 0.3 is 0 Å². The molecule has 24 heavy (non-hydrogen) atoms. The number of aromatic hydroxyl groups is 1. The lowest BCUT2D eigenvalue weighted by molar-refractivity contribution is 0.171. The summed E-state index contributed by atoms with van der Waals surface area (Å²) in [5.41, 5.74) is 7.14. The number of hydrogen-bond acceptors (Lipinski definition) is 4. The lowest BCUT2D eigenvalue weighted by Gasteiger charge is -2.19. The maximum Gasteiger partial charge on any atom is 0.193 e. The first-order chi connectivity index (χ1) is 11.1. The summed E-state index contributed by atoms with van der Waals surface area (Å²) in [7, 11) is 0. The molecule has 128 valence electrons. The molecular weight excluding hydrogens is 428 g/mol. The van der Waals surface area contributed by atoms with Crippen molar-refractivity contribution in [2.45, 2.75) is 6.54 Å². The van der Waals surface area contributed by atoms with E-state index in [-0.39, 0.29) is 42.2 Å². The lowest BCUT2D eigenvalue weighted by Crippen LogP contribution is -2.23. The van der Waals surface area contributed by atoms with Crippen LogP contribution >= 0.6 is 24.0 Å². The van der Waals surface area contributed by atoms with Gasteiger partial charge in [0, 0.05) is 11.8 Å². The molecule has 2 aromatic carbocycles. The predicted molar refractivity (Wildman–Crippen MR) is 99.9 cm³/mol. The fraction of sp³-hybridized carbons (Fsp3) is 0.188. The van der Waals surface area contributed by atoms with Crippen molar-refractivity contribution in [2.75, 3.05) is 18.5 Å². The second-order valence-electron chi connectivity index (χ2n) is 4.97. The van der Waals surface area contributed by atoms with E-state index in [1.165, 1.54) is 12.1 Å². The third-order valence-electron chi connectivity index (χ3n) is 3.26. The van der Waals surface area contributed by atoms with Crippen molar-refractivity contribution < 1.29 is 19.0 Å². The van der Waals surface area contributed by atoms with Gasteiger partial charge in [0.15, 0.2) is 29.0 Å². The molecule has 1 aliphatic rings. The van der Waals surface area contributed by atoms with Crippen LogP contribution in [0.25, 0.3) is 0 Å². The van der Waals surface area contributed by atoms with Gasteiger partial charge in [-0.1, -0.05) is 6.07 Å². The van der Waals surface area contributed by atoms with E-state index in [2.05, 4.69) is 10.3 Å². The summed E-state index contributed by atoms with van der Waals surface area (Å²) in [4.78, 5) is 4.14. The summed E-state index contributed by atoms with van der Waals surface area (Å²) in [6, 6.07) is 9.45. The van der Waals surface area contributed by atoms with E-state index in [0.29, 0.717) is 36.0 Å². The monoisotopic (exact) mass is 445 g/mol. The van der Waals surface area contributed by atoms with E-state index in [1.54, 1.807) is 24.3 Å². The van der Waals surface area contributed by atoms with E-state index in [9.17, 15) is 4.39 Å². The number of halogens is 2. The van der Waals surface area contributed by atoms with Crippen molar-refractivity contribution in [1.29, 1.82) is 0 Å². The molecule has 0 saturated carbocycles. The van der Waals surface area contributed by atoms with Crippen LogP contribution in [0, 0.1) is 5.82 Å². The van der Waals surface area contributed by atoms with Gasteiger partial charge in [-0.2, -0.15) is 0 Å². The summed E-state index contributed by atoms with van der Waals surface area (Å²) in [6.45, 7) is 1.24. The molecule has 0 atom stereocenters. The fourth-order valence-corrected chi connectivity index (χ4v) is 2.13. The molecule has 2 aromatic rings. The van der Waals surface area contributed by atoms with Crippen LogP contribution in [0.15, 0.2) is 41.4 Å². The van der Waals surface area contributed by atoms with Crippen LogP contribution < -0.4 is 20.5 Å². The number of guanidine groups is 1. The van der Waals surface area contributed by atoms with Crippen molar-refractivity contribution in [2.24, 2.45) is 10.7 Å². The topological polar surface area (TPSA) is 89.1 Å². The van der Waals surface area contributed by atoms with Gasteiger partial charge in [0.05, 0.1) is 6.54 Å². The molecule has 0 spiro atoms. The van der Waals surface area contributed by atoms with Crippen molar-refractivity contribution in [3.63, 3.8) is 0 Å². The van der Waals surface area contributed by atoms with Crippen molar-refractivity contribution in [3.8, 4) is 17.2 Å². The van der Waals surface area contributed by atoms with Gasteiger partial charge < -0.3 is 25.6 Å². The standard InChI is InChI=1S/C16H16FN3O3.HI/c17-12-7-10(1-3-13(12)21)9-19-16(18)20-11-2-4-14-15(8-11)23-6-5-22-14;/h1-4,7-8,21H,5-6,9H2,(H3,18,19,20);1H. The quantitative estimate of drug-likeness (QED) is 0.384. The Balaban J connectivity index is 0.00000208. The Kier molecular flexibility index (Phi) is 6.07. The zero-order valence-corrected chi connectivity index (χ0v) is 15.0. The average molecular weight is 445 g/mol. The second-order valence-corrected chi connectivity index (χ2v) is 4.97. The first-order valence-corrected chi connectivity index (χ1v) is 7.06. The van der Waals surface area contributed by atoms with Crippen LogP contribution in [0.4, 0.5) is 10.1 Å². The zero-order valence-electron chi connectivity index (χ0n) is 12.7. The number of nitrogens with two attached hydrogens (primary N) is 1. The van der Waals surface area contributed by atoms with Crippen LogP contribution in [-0.2, 0) is 6.54 Å². The maximum absolute atomic E-state index is 13.2. The minimum absolute atomic E-state index is 0. The zero-order chi connectivity index (χ0) is 16.2. The Morgan fingerprint density at radius 1 is 1.17 bits per heavy atom. The van der Waals surface area contributed by atoms with E-state index in [4.69, 9.17) is 20.3 Å². The second kappa shape index (κ2) is 8.04. The summed E-state index contributed by atoms with van der Waals surface area (Å²) < 4.78 is 24.2. The van der Waals surface area contributed by atoms with Crippen molar-refractivity contribution in [1.82, 2.24) is 0 Å². The minimum Gasteiger partial charge on any atom is -0.505 e. The number of aliphatic imine (C=N–C) groups is 1. The van der Waals surface area contributed by atoms with Crippen LogP contribution in [-0.4, -0.2) is 24.3 Å². The van der Waals surface area contributed by atoms with E-state index in [1.807, 2.05) is 0 Å². The van der Waals surface area contributed by atoms with Crippen LogP contribution in [0.2, 0.25) is 0 Å². The van der Waals surface area contributed by atoms with E-state index in [0.717, 1.165) is 0 Å². The third-order valence-corrected chi connectivity index (χ3v) is 3.26. The number of phenols is 1. The summed E-state index contributed by atoms with van der Waals surface area (Å²) >= 11 is 0. The molecular formula is C16H17FIN3O3. The number of rotatable bonds is 3. The normalized spacial score (nSPS) is 13.1. The highest BCUT2D eigenvalue weighted by molar-refractivity contribution is 14.0. The summed E-state index contributed by atoms with van der Waals surface area (Å²) in [5.74, 6) is 0.456. The van der Waals surface area contributed by atoms with Gasteiger partial charge in [-0.05, 0) is 29.8 Å². The highest BCUT2D eigenvalue weighted by atomic mass is 127. The van der Waals surface area contributed by atoms with E-state index < -0.39 is 5.82 Å².